The molecule has 0 saturated carbocycles. The first-order chi connectivity index (χ1) is 16.1. The van der Waals surface area contributed by atoms with Crippen LogP contribution in [0.3, 0.4) is 0 Å². The number of aromatic nitrogens is 2. The van der Waals surface area contributed by atoms with Crippen LogP contribution in [-0.4, -0.2) is 74.5 Å². The number of hydrogen-bond donors (Lipinski definition) is 1. The normalized spacial score (nSPS) is 17.2. The SMILES string of the molecule is COc1cc(OC)cc(N(CC2=NCCN2)c2ccc3ncc(C4C=NN(C)C4)nc3c2)c1. The summed E-state index contributed by atoms with van der Waals surface area (Å²) in [7, 11) is 5.27. The number of benzene rings is 2. The first-order valence-electron chi connectivity index (χ1n) is 10.9. The van der Waals surface area contributed by atoms with Crippen molar-refractivity contribution < 1.29 is 9.47 Å². The third-order valence-corrected chi connectivity index (χ3v) is 5.84. The van der Waals surface area contributed by atoms with Crippen LogP contribution in [0.2, 0.25) is 0 Å². The van der Waals surface area contributed by atoms with E-state index in [2.05, 4.69) is 37.4 Å². The van der Waals surface area contributed by atoms with Gasteiger partial charge in [-0.25, -0.2) is 4.98 Å². The Balaban J connectivity index is 1.56. The van der Waals surface area contributed by atoms with E-state index in [9.17, 15) is 0 Å². The third-order valence-electron chi connectivity index (χ3n) is 5.84. The van der Waals surface area contributed by atoms with Gasteiger partial charge in [-0.1, -0.05) is 0 Å². The van der Waals surface area contributed by atoms with Gasteiger partial charge in [0.1, 0.15) is 17.3 Å². The van der Waals surface area contributed by atoms with Crippen LogP contribution < -0.4 is 19.7 Å². The largest absolute Gasteiger partial charge is 0.497 e. The van der Waals surface area contributed by atoms with Gasteiger partial charge < -0.3 is 19.7 Å². The summed E-state index contributed by atoms with van der Waals surface area (Å²) < 4.78 is 11.0. The quantitative estimate of drug-likeness (QED) is 0.598. The number of amidine groups is 1. The Morgan fingerprint density at radius 1 is 1.06 bits per heavy atom. The fourth-order valence-corrected chi connectivity index (χ4v) is 4.09. The van der Waals surface area contributed by atoms with Crippen molar-refractivity contribution >= 4 is 34.5 Å². The summed E-state index contributed by atoms with van der Waals surface area (Å²) in [6.45, 7) is 3.04. The van der Waals surface area contributed by atoms with Crippen molar-refractivity contribution in [3.63, 3.8) is 0 Å². The molecule has 0 bridgehead atoms. The molecule has 0 aliphatic carbocycles. The topological polar surface area (TPSA) is 87.5 Å². The molecule has 0 spiro atoms. The van der Waals surface area contributed by atoms with Gasteiger partial charge in [-0.2, -0.15) is 5.10 Å². The molecule has 33 heavy (non-hydrogen) atoms. The van der Waals surface area contributed by atoms with Crippen molar-refractivity contribution in [2.45, 2.75) is 5.92 Å². The van der Waals surface area contributed by atoms with Crippen LogP contribution in [0, 0.1) is 0 Å². The molecule has 9 nitrogen and oxygen atoms in total. The molecule has 0 amide bonds. The van der Waals surface area contributed by atoms with Crippen LogP contribution >= 0.6 is 0 Å². The molecular weight excluding hydrogens is 418 g/mol. The van der Waals surface area contributed by atoms with Crippen LogP contribution in [-0.2, 0) is 0 Å². The molecule has 0 saturated heterocycles. The predicted molar refractivity (Wildman–Crippen MR) is 130 cm³/mol. The van der Waals surface area contributed by atoms with Gasteiger partial charge >= 0.3 is 0 Å². The number of likely N-dealkylation sites (N-methyl/N-ethyl adjacent to an activating group) is 1. The Morgan fingerprint density at radius 2 is 1.88 bits per heavy atom. The predicted octanol–water partition coefficient (Wildman–Crippen LogP) is 2.80. The van der Waals surface area contributed by atoms with Gasteiger partial charge in [0.05, 0.1) is 50.0 Å². The van der Waals surface area contributed by atoms with Gasteiger partial charge in [0, 0.05) is 62.1 Å². The minimum atomic E-state index is 0.145. The maximum atomic E-state index is 5.51. The molecule has 2 aromatic carbocycles. The van der Waals surface area contributed by atoms with Crippen molar-refractivity contribution in [2.24, 2.45) is 10.1 Å². The number of hydrazone groups is 1. The van der Waals surface area contributed by atoms with E-state index >= 15 is 0 Å². The number of rotatable bonds is 7. The summed E-state index contributed by atoms with van der Waals surface area (Å²) >= 11 is 0. The van der Waals surface area contributed by atoms with E-state index < -0.39 is 0 Å². The molecular formula is C24H27N7O2. The molecule has 0 radical (unpaired) electrons. The Bertz CT molecular complexity index is 1200. The average Bonchev–Trinajstić information content (AvgIpc) is 3.53. The second-order valence-corrected chi connectivity index (χ2v) is 8.09. The smallest absolute Gasteiger partial charge is 0.124 e. The summed E-state index contributed by atoms with van der Waals surface area (Å²) in [6, 6.07) is 12.0. The molecule has 2 aliphatic heterocycles. The highest BCUT2D eigenvalue weighted by atomic mass is 16.5. The fourth-order valence-electron chi connectivity index (χ4n) is 4.09. The lowest BCUT2D eigenvalue weighted by Crippen LogP contribution is -2.32. The standard InChI is InChI=1S/C24H27N7O2/c1-30-14-16(12-28-30)23-13-27-21-5-4-17(10-22(21)29-23)31(15-24-25-6-7-26-24)18-8-19(32-2)11-20(9-18)33-3/h4-5,8-13,16H,6-7,14-15H2,1-3H3,(H,25,26). The molecule has 2 aliphatic rings. The molecule has 3 heterocycles. The summed E-state index contributed by atoms with van der Waals surface area (Å²) in [6.07, 6.45) is 3.78. The zero-order valence-corrected chi connectivity index (χ0v) is 19.0. The Morgan fingerprint density at radius 3 is 2.55 bits per heavy atom. The van der Waals surface area contributed by atoms with Crippen molar-refractivity contribution in [2.75, 3.05) is 52.3 Å². The number of hydrogen-bond acceptors (Lipinski definition) is 9. The summed E-state index contributed by atoms with van der Waals surface area (Å²) in [4.78, 5) is 16.4. The number of aliphatic imine (C=N–C) groups is 1. The molecule has 3 aromatic rings. The lowest BCUT2D eigenvalue weighted by Gasteiger charge is -2.26. The summed E-state index contributed by atoms with van der Waals surface area (Å²) in [5.41, 5.74) is 4.54. The highest BCUT2D eigenvalue weighted by molar-refractivity contribution is 5.91. The molecule has 1 aromatic heterocycles. The van der Waals surface area contributed by atoms with Gasteiger partial charge in [-0.15, -0.1) is 0 Å². The van der Waals surface area contributed by atoms with E-state index in [1.54, 1.807) is 14.2 Å². The number of methoxy groups -OCH3 is 2. The molecule has 5 rings (SSSR count). The Kier molecular flexibility index (Phi) is 5.68. The van der Waals surface area contributed by atoms with E-state index in [-0.39, 0.29) is 5.92 Å². The van der Waals surface area contributed by atoms with Crippen LogP contribution in [0.15, 0.2) is 52.7 Å². The molecule has 1 unspecified atom stereocenters. The molecule has 0 fully saturated rings. The fraction of sp³-hybridized carbons (Fsp3) is 0.333. The number of nitrogens with zero attached hydrogens (tertiary/aromatic N) is 6. The van der Waals surface area contributed by atoms with Gasteiger partial charge in [-0.05, 0) is 18.2 Å². The summed E-state index contributed by atoms with van der Waals surface area (Å²) in [5.74, 6) is 2.54. The maximum absolute atomic E-state index is 5.51. The minimum Gasteiger partial charge on any atom is -0.497 e. The van der Waals surface area contributed by atoms with Crippen LogP contribution in [0.4, 0.5) is 11.4 Å². The van der Waals surface area contributed by atoms with Crippen molar-refractivity contribution in [1.82, 2.24) is 20.3 Å². The van der Waals surface area contributed by atoms with Crippen molar-refractivity contribution in [3.8, 4) is 11.5 Å². The Hall–Kier alpha value is -3.88. The van der Waals surface area contributed by atoms with Crippen LogP contribution in [0.1, 0.15) is 11.6 Å². The highest BCUT2D eigenvalue weighted by Crippen LogP contribution is 2.34. The minimum absolute atomic E-state index is 0.145. The zero-order chi connectivity index (χ0) is 22.8. The van der Waals surface area contributed by atoms with Crippen LogP contribution in [0.25, 0.3) is 11.0 Å². The number of fused-ring (bicyclic) bond motifs is 1. The molecule has 1 atom stereocenters. The number of anilines is 2. The third kappa shape index (κ3) is 4.39. The first kappa shape index (κ1) is 21.0. The van der Waals surface area contributed by atoms with Gasteiger partial charge in [0.15, 0.2) is 0 Å². The van der Waals surface area contributed by atoms with E-state index in [1.807, 2.05) is 48.7 Å². The zero-order valence-electron chi connectivity index (χ0n) is 19.0. The second kappa shape index (κ2) is 8.93. The van der Waals surface area contributed by atoms with Gasteiger partial charge in [0.25, 0.3) is 0 Å². The Labute approximate surface area is 192 Å². The van der Waals surface area contributed by atoms with E-state index in [4.69, 9.17) is 14.5 Å². The van der Waals surface area contributed by atoms with E-state index in [0.717, 1.165) is 65.1 Å². The molecule has 9 heteroatoms. The van der Waals surface area contributed by atoms with E-state index in [1.165, 1.54) is 0 Å². The molecule has 1 N–H and O–H groups in total. The van der Waals surface area contributed by atoms with Crippen molar-refractivity contribution in [3.05, 3.63) is 48.3 Å². The average molecular weight is 446 g/mol. The first-order valence-corrected chi connectivity index (χ1v) is 10.9. The van der Waals surface area contributed by atoms with Gasteiger partial charge in [0.2, 0.25) is 0 Å². The van der Waals surface area contributed by atoms with Crippen molar-refractivity contribution in [1.29, 1.82) is 0 Å². The van der Waals surface area contributed by atoms with Gasteiger partial charge in [-0.3, -0.25) is 15.0 Å². The monoisotopic (exact) mass is 445 g/mol. The maximum Gasteiger partial charge on any atom is 0.124 e. The molecule has 170 valence electrons. The summed E-state index contributed by atoms with van der Waals surface area (Å²) in [5, 5.41) is 9.62. The second-order valence-electron chi connectivity index (χ2n) is 8.09. The number of nitrogens with one attached hydrogen (secondary N) is 1. The highest BCUT2D eigenvalue weighted by Gasteiger charge is 2.20. The van der Waals surface area contributed by atoms with E-state index in [0.29, 0.717) is 6.54 Å². The number of ether oxygens (including phenoxy) is 2. The van der Waals surface area contributed by atoms with Crippen LogP contribution in [0.5, 0.6) is 11.5 Å². The lowest BCUT2D eigenvalue weighted by atomic mass is 10.1. The lowest BCUT2D eigenvalue weighted by molar-refractivity contribution is 0.380.